The van der Waals surface area contributed by atoms with E-state index in [2.05, 4.69) is 15.3 Å². The van der Waals surface area contributed by atoms with Crippen LogP contribution in [0.2, 0.25) is 0 Å². The van der Waals surface area contributed by atoms with E-state index in [9.17, 15) is 4.79 Å². The topological polar surface area (TPSA) is 75.1 Å². The van der Waals surface area contributed by atoms with Gasteiger partial charge in [0.15, 0.2) is 5.69 Å². The zero-order valence-corrected chi connectivity index (χ0v) is 11.2. The lowest BCUT2D eigenvalue weighted by Crippen LogP contribution is -1.99. The van der Waals surface area contributed by atoms with Gasteiger partial charge in [-0.1, -0.05) is 6.07 Å². The number of carbonyl (C=O) groups is 1. The van der Waals surface area contributed by atoms with Crippen molar-refractivity contribution in [1.82, 2.24) is 9.97 Å². The van der Waals surface area contributed by atoms with Gasteiger partial charge >= 0.3 is 5.97 Å². The summed E-state index contributed by atoms with van der Waals surface area (Å²) < 4.78 is 0.908. The van der Waals surface area contributed by atoms with E-state index >= 15 is 0 Å². The summed E-state index contributed by atoms with van der Waals surface area (Å²) in [6, 6.07) is 7.51. The van der Waals surface area contributed by atoms with Gasteiger partial charge in [-0.3, -0.25) is 4.98 Å². The van der Waals surface area contributed by atoms with Crippen molar-refractivity contribution in [3.63, 3.8) is 0 Å². The molecule has 20 heavy (non-hydrogen) atoms. The normalized spacial score (nSPS) is 10.6. The molecule has 0 unspecified atom stereocenters. The number of nitrogens with one attached hydrogen (secondary N) is 1. The van der Waals surface area contributed by atoms with Crippen molar-refractivity contribution in [3.8, 4) is 0 Å². The molecule has 3 rings (SSSR count). The van der Waals surface area contributed by atoms with Crippen LogP contribution >= 0.6 is 11.3 Å². The third kappa shape index (κ3) is 2.46. The standard InChI is InChI=1S/C14H11N3O2S/c18-14(19)13-10-6-12(20-11(10)3-5-16-13)17-8-9-2-1-4-15-7-9/h1-7,17H,8H2,(H,18,19). The molecule has 0 fully saturated rings. The molecule has 0 spiro atoms. The number of rotatable bonds is 4. The second kappa shape index (κ2) is 5.26. The molecule has 3 aromatic rings. The van der Waals surface area contributed by atoms with Crippen LogP contribution in [0, 0.1) is 0 Å². The summed E-state index contributed by atoms with van der Waals surface area (Å²) in [4.78, 5) is 19.1. The first kappa shape index (κ1) is 12.6. The highest BCUT2D eigenvalue weighted by molar-refractivity contribution is 7.22. The molecule has 6 heteroatoms. The van der Waals surface area contributed by atoms with Crippen molar-refractivity contribution >= 4 is 32.4 Å². The maximum atomic E-state index is 11.1. The number of fused-ring (bicyclic) bond motifs is 1. The zero-order chi connectivity index (χ0) is 13.9. The molecule has 5 nitrogen and oxygen atoms in total. The van der Waals surface area contributed by atoms with Gasteiger partial charge in [0, 0.05) is 35.2 Å². The molecule has 0 radical (unpaired) electrons. The van der Waals surface area contributed by atoms with Gasteiger partial charge in [0.25, 0.3) is 0 Å². The van der Waals surface area contributed by atoms with Gasteiger partial charge in [0.2, 0.25) is 0 Å². The first-order valence-corrected chi connectivity index (χ1v) is 6.80. The molecular weight excluding hydrogens is 274 g/mol. The Kier molecular flexibility index (Phi) is 3.30. The fraction of sp³-hybridized carbons (Fsp3) is 0.0714. The van der Waals surface area contributed by atoms with Crippen LogP contribution < -0.4 is 5.32 Å². The minimum Gasteiger partial charge on any atom is -0.476 e. The van der Waals surface area contributed by atoms with Crippen molar-refractivity contribution in [3.05, 3.63) is 54.1 Å². The Bertz CT molecular complexity index is 755. The number of carboxylic acids is 1. The molecule has 0 saturated heterocycles. The molecule has 0 aliphatic rings. The highest BCUT2D eigenvalue weighted by Gasteiger charge is 2.12. The monoisotopic (exact) mass is 285 g/mol. The van der Waals surface area contributed by atoms with Crippen LogP contribution in [-0.2, 0) is 6.54 Å². The number of anilines is 1. The maximum absolute atomic E-state index is 11.1. The Hall–Kier alpha value is -2.47. The molecule has 3 aromatic heterocycles. The van der Waals surface area contributed by atoms with E-state index in [4.69, 9.17) is 5.11 Å². The third-order valence-corrected chi connectivity index (χ3v) is 3.90. The van der Waals surface area contributed by atoms with E-state index in [0.29, 0.717) is 11.9 Å². The molecular formula is C14H11N3O2S. The van der Waals surface area contributed by atoms with Gasteiger partial charge in [-0.15, -0.1) is 11.3 Å². The minimum atomic E-state index is -1.01. The Morgan fingerprint density at radius 1 is 1.35 bits per heavy atom. The third-order valence-electron chi connectivity index (χ3n) is 2.84. The predicted octanol–water partition coefficient (Wildman–Crippen LogP) is 3.00. The number of pyridine rings is 2. The molecule has 3 heterocycles. The molecule has 2 N–H and O–H groups in total. The molecule has 0 amide bonds. The quantitative estimate of drug-likeness (QED) is 0.770. The Morgan fingerprint density at radius 2 is 2.25 bits per heavy atom. The fourth-order valence-corrected chi connectivity index (χ4v) is 2.86. The smallest absolute Gasteiger partial charge is 0.355 e. The molecule has 0 aliphatic heterocycles. The first-order chi connectivity index (χ1) is 9.74. The van der Waals surface area contributed by atoms with Crippen molar-refractivity contribution < 1.29 is 9.90 Å². The van der Waals surface area contributed by atoms with E-state index in [-0.39, 0.29) is 5.69 Å². The maximum Gasteiger partial charge on any atom is 0.355 e. The van der Waals surface area contributed by atoms with Crippen molar-refractivity contribution in [2.45, 2.75) is 6.54 Å². The van der Waals surface area contributed by atoms with E-state index in [1.54, 1.807) is 12.4 Å². The largest absolute Gasteiger partial charge is 0.476 e. The zero-order valence-electron chi connectivity index (χ0n) is 10.4. The van der Waals surface area contributed by atoms with E-state index < -0.39 is 5.97 Å². The number of aromatic carboxylic acids is 1. The van der Waals surface area contributed by atoms with Gasteiger partial charge in [0.1, 0.15) is 0 Å². The van der Waals surface area contributed by atoms with Crippen LogP contribution in [-0.4, -0.2) is 21.0 Å². The number of hydrogen-bond donors (Lipinski definition) is 2. The van der Waals surface area contributed by atoms with E-state index in [1.165, 1.54) is 17.5 Å². The number of carboxylic acid groups (broad SMARTS) is 1. The minimum absolute atomic E-state index is 0.0909. The highest BCUT2D eigenvalue weighted by atomic mass is 32.1. The molecule has 100 valence electrons. The van der Waals surface area contributed by atoms with Crippen LogP contribution in [0.15, 0.2) is 42.9 Å². The Morgan fingerprint density at radius 3 is 3.00 bits per heavy atom. The predicted molar refractivity (Wildman–Crippen MR) is 78.1 cm³/mol. The molecule has 0 bridgehead atoms. The summed E-state index contributed by atoms with van der Waals surface area (Å²) >= 11 is 1.51. The van der Waals surface area contributed by atoms with Gasteiger partial charge in [-0.2, -0.15) is 0 Å². The van der Waals surface area contributed by atoms with E-state index in [0.717, 1.165) is 15.3 Å². The summed E-state index contributed by atoms with van der Waals surface area (Å²) in [6.45, 7) is 0.649. The fourth-order valence-electron chi connectivity index (χ4n) is 1.91. The summed E-state index contributed by atoms with van der Waals surface area (Å²) in [6.07, 6.45) is 5.05. The SMILES string of the molecule is O=C(O)c1nccc2sc(NCc3cccnc3)cc12. The average molecular weight is 285 g/mol. The molecule has 0 aliphatic carbocycles. The van der Waals surface area contributed by atoms with Gasteiger partial charge in [-0.05, 0) is 23.8 Å². The average Bonchev–Trinajstić information content (AvgIpc) is 2.88. The summed E-state index contributed by atoms with van der Waals surface area (Å²) in [7, 11) is 0. The Balaban J connectivity index is 1.86. The second-order valence-corrected chi connectivity index (χ2v) is 5.29. The lowest BCUT2D eigenvalue weighted by Gasteiger charge is -2.02. The van der Waals surface area contributed by atoms with Crippen LogP contribution in [0.25, 0.3) is 10.1 Å². The van der Waals surface area contributed by atoms with Gasteiger partial charge in [-0.25, -0.2) is 9.78 Å². The van der Waals surface area contributed by atoms with Gasteiger partial charge < -0.3 is 10.4 Å². The molecule has 0 atom stereocenters. The number of nitrogens with zero attached hydrogens (tertiary/aromatic N) is 2. The van der Waals surface area contributed by atoms with E-state index in [1.807, 2.05) is 24.3 Å². The summed E-state index contributed by atoms with van der Waals surface area (Å²) in [5, 5.41) is 14.0. The number of aromatic nitrogens is 2. The van der Waals surface area contributed by atoms with Crippen molar-refractivity contribution in [2.75, 3.05) is 5.32 Å². The Labute approximate surface area is 118 Å². The second-order valence-electron chi connectivity index (χ2n) is 4.20. The lowest BCUT2D eigenvalue weighted by molar-refractivity contribution is 0.0693. The van der Waals surface area contributed by atoms with Crippen LogP contribution in [0.5, 0.6) is 0 Å². The molecule has 0 saturated carbocycles. The highest BCUT2D eigenvalue weighted by Crippen LogP contribution is 2.31. The summed E-state index contributed by atoms with van der Waals surface area (Å²) in [5.74, 6) is -1.01. The van der Waals surface area contributed by atoms with Crippen LogP contribution in [0.3, 0.4) is 0 Å². The van der Waals surface area contributed by atoms with Gasteiger partial charge in [0.05, 0.1) is 5.00 Å². The lowest BCUT2D eigenvalue weighted by atomic mass is 10.2. The van der Waals surface area contributed by atoms with Crippen LogP contribution in [0.4, 0.5) is 5.00 Å². The number of thiophene rings is 1. The number of hydrogen-bond acceptors (Lipinski definition) is 5. The van der Waals surface area contributed by atoms with Crippen LogP contribution in [0.1, 0.15) is 16.1 Å². The van der Waals surface area contributed by atoms with Crippen molar-refractivity contribution in [1.29, 1.82) is 0 Å². The molecule has 0 aromatic carbocycles. The van der Waals surface area contributed by atoms with Crippen molar-refractivity contribution in [2.24, 2.45) is 0 Å². The summed E-state index contributed by atoms with van der Waals surface area (Å²) in [5.41, 5.74) is 1.16. The first-order valence-electron chi connectivity index (χ1n) is 5.98.